The zero-order valence-corrected chi connectivity index (χ0v) is 13.4. The van der Waals surface area contributed by atoms with Gasteiger partial charge in [-0.05, 0) is 25.0 Å². The zero-order valence-electron chi connectivity index (χ0n) is 13.4. The molecule has 2 N–H and O–H groups in total. The number of pyridine rings is 1. The van der Waals surface area contributed by atoms with E-state index in [9.17, 15) is 4.79 Å². The second-order valence-corrected chi connectivity index (χ2v) is 5.00. The molecule has 1 amide bonds. The molecule has 2 aromatic heterocycles. The van der Waals surface area contributed by atoms with Crippen LogP contribution in [0.1, 0.15) is 28.3 Å². The van der Waals surface area contributed by atoms with Crippen molar-refractivity contribution in [2.75, 3.05) is 25.6 Å². The molecule has 2 rings (SSSR count). The summed E-state index contributed by atoms with van der Waals surface area (Å²) >= 11 is 0. The molecule has 2 aromatic rings. The molecule has 7 heteroatoms. The Hall–Kier alpha value is -2.54. The number of nitrogens with zero attached hydrogens (tertiary/aromatic N) is 3. The maximum absolute atomic E-state index is 12.1. The monoisotopic (exact) mass is 315 g/mol. The molecule has 0 unspecified atom stereocenters. The minimum absolute atomic E-state index is 0.212. The molecular weight excluding hydrogens is 294 g/mol. The Morgan fingerprint density at radius 2 is 2.22 bits per heavy atom. The highest BCUT2D eigenvalue weighted by atomic mass is 16.5. The highest BCUT2D eigenvalue weighted by Crippen LogP contribution is 2.08. The molecule has 0 bridgehead atoms. The van der Waals surface area contributed by atoms with Crippen LogP contribution >= 0.6 is 0 Å². The number of nitrogens with one attached hydrogen (secondary N) is 2. The Balaban J connectivity index is 1.96. The summed E-state index contributed by atoms with van der Waals surface area (Å²) in [4.78, 5) is 24.6. The van der Waals surface area contributed by atoms with Gasteiger partial charge in [0.25, 0.3) is 5.91 Å². The number of rotatable bonds is 8. The number of hydrogen-bond acceptors (Lipinski definition) is 6. The quantitative estimate of drug-likeness (QED) is 0.719. The summed E-state index contributed by atoms with van der Waals surface area (Å²) in [5.74, 6) is 0.947. The Morgan fingerprint density at radius 1 is 1.35 bits per heavy atom. The van der Waals surface area contributed by atoms with E-state index in [0.717, 1.165) is 12.0 Å². The molecule has 0 saturated heterocycles. The van der Waals surface area contributed by atoms with Crippen molar-refractivity contribution in [3.8, 4) is 0 Å². The summed E-state index contributed by atoms with van der Waals surface area (Å²) in [6, 6.07) is 5.49. The lowest BCUT2D eigenvalue weighted by atomic mass is 10.3. The number of hydrogen-bond donors (Lipinski definition) is 2. The van der Waals surface area contributed by atoms with Crippen molar-refractivity contribution in [3.05, 3.63) is 47.7 Å². The smallest absolute Gasteiger partial charge is 0.270 e. The Labute approximate surface area is 135 Å². The third-order valence-electron chi connectivity index (χ3n) is 3.08. The summed E-state index contributed by atoms with van der Waals surface area (Å²) < 4.78 is 4.95. The van der Waals surface area contributed by atoms with Crippen molar-refractivity contribution in [2.45, 2.75) is 19.9 Å². The van der Waals surface area contributed by atoms with Gasteiger partial charge in [0.05, 0.1) is 0 Å². The zero-order chi connectivity index (χ0) is 16.5. The van der Waals surface area contributed by atoms with Gasteiger partial charge in [0.15, 0.2) is 0 Å². The van der Waals surface area contributed by atoms with E-state index < -0.39 is 0 Å². The minimum atomic E-state index is -0.212. The van der Waals surface area contributed by atoms with E-state index in [2.05, 4.69) is 25.6 Å². The fourth-order valence-corrected chi connectivity index (χ4v) is 1.98. The molecule has 0 aliphatic heterocycles. The molecule has 122 valence electrons. The van der Waals surface area contributed by atoms with Crippen LogP contribution in [0.4, 0.5) is 5.82 Å². The number of amides is 1. The summed E-state index contributed by atoms with van der Waals surface area (Å²) in [6.07, 6.45) is 4.27. The van der Waals surface area contributed by atoms with Gasteiger partial charge in [-0.15, -0.1) is 0 Å². The largest absolute Gasteiger partial charge is 0.385 e. The SMILES string of the molecule is COCCCNC(=O)c1cc(NCc2cccnc2)nc(C)n1. The van der Waals surface area contributed by atoms with Crippen molar-refractivity contribution >= 4 is 11.7 Å². The minimum Gasteiger partial charge on any atom is -0.385 e. The van der Waals surface area contributed by atoms with Gasteiger partial charge < -0.3 is 15.4 Å². The number of carbonyl (C=O) groups excluding carboxylic acids is 1. The van der Waals surface area contributed by atoms with Gasteiger partial charge in [-0.3, -0.25) is 9.78 Å². The topological polar surface area (TPSA) is 89.0 Å². The average Bonchev–Trinajstić information content (AvgIpc) is 2.57. The summed E-state index contributed by atoms with van der Waals surface area (Å²) in [7, 11) is 1.63. The lowest BCUT2D eigenvalue weighted by Gasteiger charge is -2.09. The second-order valence-electron chi connectivity index (χ2n) is 5.00. The van der Waals surface area contributed by atoms with Crippen LogP contribution in [0.5, 0.6) is 0 Å². The number of methoxy groups -OCH3 is 1. The molecule has 0 atom stereocenters. The van der Waals surface area contributed by atoms with Crippen LogP contribution in [0.3, 0.4) is 0 Å². The first-order valence-corrected chi connectivity index (χ1v) is 7.44. The maximum Gasteiger partial charge on any atom is 0.270 e. The molecule has 0 radical (unpaired) electrons. The second kappa shape index (κ2) is 8.79. The van der Waals surface area contributed by atoms with E-state index in [1.165, 1.54) is 0 Å². The molecule has 0 fully saturated rings. The molecule has 0 saturated carbocycles. The van der Waals surface area contributed by atoms with Gasteiger partial charge in [-0.2, -0.15) is 0 Å². The van der Waals surface area contributed by atoms with Crippen LogP contribution in [-0.2, 0) is 11.3 Å². The molecular formula is C16H21N5O2. The Morgan fingerprint density at radius 3 is 2.96 bits per heavy atom. The van der Waals surface area contributed by atoms with Gasteiger partial charge in [0.1, 0.15) is 17.3 Å². The first-order valence-electron chi connectivity index (χ1n) is 7.44. The van der Waals surface area contributed by atoms with E-state index in [-0.39, 0.29) is 5.91 Å². The first-order chi connectivity index (χ1) is 11.2. The summed E-state index contributed by atoms with van der Waals surface area (Å²) in [5.41, 5.74) is 1.39. The molecule has 2 heterocycles. The number of aromatic nitrogens is 3. The molecule has 0 aliphatic rings. The van der Waals surface area contributed by atoms with Crippen LogP contribution in [0.15, 0.2) is 30.6 Å². The van der Waals surface area contributed by atoms with E-state index >= 15 is 0 Å². The van der Waals surface area contributed by atoms with Gasteiger partial charge in [0, 0.05) is 45.3 Å². The van der Waals surface area contributed by atoms with Crippen LogP contribution in [0.25, 0.3) is 0 Å². The number of aryl methyl sites for hydroxylation is 1. The third-order valence-corrected chi connectivity index (χ3v) is 3.08. The lowest BCUT2D eigenvalue weighted by molar-refractivity contribution is 0.0943. The van der Waals surface area contributed by atoms with Crippen LogP contribution in [0, 0.1) is 6.92 Å². The Bertz CT molecular complexity index is 634. The van der Waals surface area contributed by atoms with Crippen LogP contribution in [-0.4, -0.2) is 41.1 Å². The first kappa shape index (κ1) is 16.8. The van der Waals surface area contributed by atoms with Gasteiger partial charge >= 0.3 is 0 Å². The van der Waals surface area contributed by atoms with Crippen molar-refractivity contribution in [1.29, 1.82) is 0 Å². The summed E-state index contributed by atoms with van der Waals surface area (Å²) in [5, 5.41) is 6.00. The molecule has 7 nitrogen and oxygen atoms in total. The van der Waals surface area contributed by atoms with Gasteiger partial charge in [0.2, 0.25) is 0 Å². The van der Waals surface area contributed by atoms with Crippen LogP contribution in [0.2, 0.25) is 0 Å². The van der Waals surface area contributed by atoms with Crippen molar-refractivity contribution in [1.82, 2.24) is 20.3 Å². The number of ether oxygens (including phenoxy) is 1. The Kier molecular flexibility index (Phi) is 6.43. The van der Waals surface area contributed by atoms with Crippen LogP contribution < -0.4 is 10.6 Å². The van der Waals surface area contributed by atoms with Crippen molar-refractivity contribution in [3.63, 3.8) is 0 Å². The fourth-order valence-electron chi connectivity index (χ4n) is 1.98. The molecule has 0 aliphatic carbocycles. The van der Waals surface area contributed by atoms with E-state index in [1.807, 2.05) is 12.1 Å². The average molecular weight is 315 g/mol. The summed E-state index contributed by atoms with van der Waals surface area (Å²) in [6.45, 7) is 3.51. The number of anilines is 1. The van der Waals surface area contributed by atoms with E-state index in [0.29, 0.717) is 37.0 Å². The molecule has 0 spiro atoms. The van der Waals surface area contributed by atoms with E-state index in [1.54, 1.807) is 32.5 Å². The number of carbonyl (C=O) groups is 1. The predicted molar refractivity (Wildman–Crippen MR) is 87.2 cm³/mol. The predicted octanol–water partition coefficient (Wildman–Crippen LogP) is 1.56. The lowest BCUT2D eigenvalue weighted by Crippen LogP contribution is -2.26. The highest BCUT2D eigenvalue weighted by Gasteiger charge is 2.10. The van der Waals surface area contributed by atoms with Crippen molar-refractivity contribution in [2.24, 2.45) is 0 Å². The van der Waals surface area contributed by atoms with Crippen molar-refractivity contribution < 1.29 is 9.53 Å². The van der Waals surface area contributed by atoms with Gasteiger partial charge in [-0.25, -0.2) is 9.97 Å². The van der Waals surface area contributed by atoms with E-state index in [4.69, 9.17) is 4.74 Å². The van der Waals surface area contributed by atoms with Gasteiger partial charge in [-0.1, -0.05) is 6.07 Å². The molecule has 23 heavy (non-hydrogen) atoms. The standard InChI is InChI=1S/C16H21N5O2/c1-12-20-14(16(22)18-7-4-8-23-2)9-15(21-12)19-11-13-5-3-6-17-10-13/h3,5-6,9-10H,4,7-8,11H2,1-2H3,(H,18,22)(H,19,20,21). The normalized spacial score (nSPS) is 10.3. The molecule has 0 aromatic carbocycles. The fraction of sp³-hybridized carbons (Fsp3) is 0.375. The highest BCUT2D eigenvalue weighted by molar-refractivity contribution is 5.92. The maximum atomic E-state index is 12.1. The third kappa shape index (κ3) is 5.63.